The predicted molar refractivity (Wildman–Crippen MR) is 75.9 cm³/mol. The monoisotopic (exact) mass is 247 g/mol. The summed E-state index contributed by atoms with van der Waals surface area (Å²) >= 11 is 0. The van der Waals surface area contributed by atoms with Crippen LogP contribution in [0.3, 0.4) is 0 Å². The first-order valence-corrected chi connectivity index (χ1v) is 7.07. The van der Waals surface area contributed by atoms with Crippen molar-refractivity contribution in [1.82, 2.24) is 5.32 Å². The first-order chi connectivity index (χ1) is 8.64. The van der Waals surface area contributed by atoms with E-state index < -0.39 is 0 Å². The van der Waals surface area contributed by atoms with Crippen molar-refractivity contribution < 1.29 is 4.74 Å². The molecule has 0 aromatic heterocycles. The van der Waals surface area contributed by atoms with Crippen molar-refractivity contribution in [3.63, 3.8) is 0 Å². The van der Waals surface area contributed by atoms with E-state index in [0.29, 0.717) is 6.04 Å². The van der Waals surface area contributed by atoms with Crippen LogP contribution in [-0.4, -0.2) is 24.8 Å². The van der Waals surface area contributed by atoms with Crippen molar-refractivity contribution in [3.05, 3.63) is 35.4 Å². The lowest BCUT2D eigenvalue weighted by Crippen LogP contribution is -2.49. The zero-order valence-electron chi connectivity index (χ0n) is 11.8. The van der Waals surface area contributed by atoms with Crippen LogP contribution in [0.5, 0.6) is 0 Å². The molecule has 2 rings (SSSR count). The number of hydrogen-bond acceptors (Lipinski definition) is 2. The summed E-state index contributed by atoms with van der Waals surface area (Å²) in [5.41, 5.74) is 2.71. The molecule has 18 heavy (non-hydrogen) atoms. The van der Waals surface area contributed by atoms with E-state index >= 15 is 0 Å². The van der Waals surface area contributed by atoms with Gasteiger partial charge < -0.3 is 10.1 Å². The number of ether oxygens (including phenoxy) is 1. The molecule has 0 aliphatic carbocycles. The minimum atomic E-state index is 0.000889. The highest BCUT2D eigenvalue weighted by Crippen LogP contribution is 2.30. The standard InChI is InChI=1S/C16H25NO/c1-4-17-15(16(3)10-5-11-18-16)12-14-8-6-13(2)7-9-14/h6-9,15,17H,4-5,10-12H2,1-3H3. The van der Waals surface area contributed by atoms with Crippen LogP contribution in [0.25, 0.3) is 0 Å². The Morgan fingerprint density at radius 3 is 2.61 bits per heavy atom. The molecule has 2 unspecified atom stereocenters. The van der Waals surface area contributed by atoms with Crippen LogP contribution in [-0.2, 0) is 11.2 Å². The van der Waals surface area contributed by atoms with Gasteiger partial charge in [-0.15, -0.1) is 0 Å². The minimum absolute atomic E-state index is 0.000889. The summed E-state index contributed by atoms with van der Waals surface area (Å²) in [4.78, 5) is 0. The summed E-state index contributed by atoms with van der Waals surface area (Å²) in [5.74, 6) is 0. The van der Waals surface area contributed by atoms with Crippen molar-refractivity contribution in [2.45, 2.75) is 51.7 Å². The van der Waals surface area contributed by atoms with E-state index in [0.717, 1.165) is 26.0 Å². The molecular formula is C16H25NO. The molecule has 2 heteroatoms. The molecule has 2 atom stereocenters. The third kappa shape index (κ3) is 3.12. The van der Waals surface area contributed by atoms with Crippen LogP contribution in [0.1, 0.15) is 37.8 Å². The van der Waals surface area contributed by atoms with E-state index in [1.807, 2.05) is 0 Å². The van der Waals surface area contributed by atoms with E-state index in [1.54, 1.807) is 0 Å². The fourth-order valence-corrected chi connectivity index (χ4v) is 2.79. The van der Waals surface area contributed by atoms with Crippen LogP contribution in [0.4, 0.5) is 0 Å². The summed E-state index contributed by atoms with van der Waals surface area (Å²) in [7, 11) is 0. The molecule has 0 spiro atoms. The van der Waals surface area contributed by atoms with Gasteiger partial charge in [0, 0.05) is 12.6 Å². The number of benzene rings is 1. The maximum Gasteiger partial charge on any atom is 0.0810 e. The highest BCUT2D eigenvalue weighted by molar-refractivity contribution is 5.22. The molecule has 0 amide bonds. The molecule has 1 aromatic rings. The van der Waals surface area contributed by atoms with Gasteiger partial charge >= 0.3 is 0 Å². The van der Waals surface area contributed by atoms with Gasteiger partial charge in [-0.05, 0) is 45.2 Å². The van der Waals surface area contributed by atoms with Crippen LogP contribution in [0, 0.1) is 6.92 Å². The molecule has 1 aromatic carbocycles. The summed E-state index contributed by atoms with van der Waals surface area (Å²) in [6, 6.07) is 9.26. The Balaban J connectivity index is 2.08. The van der Waals surface area contributed by atoms with Crippen LogP contribution >= 0.6 is 0 Å². The highest BCUT2D eigenvalue weighted by Gasteiger charge is 2.37. The van der Waals surface area contributed by atoms with Gasteiger partial charge in [0.25, 0.3) is 0 Å². The molecule has 0 bridgehead atoms. The lowest BCUT2D eigenvalue weighted by Gasteiger charge is -2.34. The highest BCUT2D eigenvalue weighted by atomic mass is 16.5. The van der Waals surface area contributed by atoms with Gasteiger partial charge in [-0.2, -0.15) is 0 Å². The van der Waals surface area contributed by atoms with Gasteiger partial charge in [-0.1, -0.05) is 36.8 Å². The first-order valence-electron chi connectivity index (χ1n) is 7.07. The van der Waals surface area contributed by atoms with E-state index in [2.05, 4.69) is 50.4 Å². The molecular weight excluding hydrogens is 222 g/mol. The topological polar surface area (TPSA) is 21.3 Å². The second-order valence-corrected chi connectivity index (χ2v) is 5.56. The molecule has 100 valence electrons. The summed E-state index contributed by atoms with van der Waals surface area (Å²) in [6.07, 6.45) is 3.40. The Kier molecular flexibility index (Phi) is 4.41. The van der Waals surface area contributed by atoms with Crippen LogP contribution in [0.2, 0.25) is 0 Å². The number of nitrogens with one attached hydrogen (secondary N) is 1. The van der Waals surface area contributed by atoms with E-state index in [9.17, 15) is 0 Å². The Bertz CT molecular complexity index is 365. The predicted octanol–water partition coefficient (Wildman–Crippen LogP) is 3.08. The van der Waals surface area contributed by atoms with Gasteiger partial charge in [0.1, 0.15) is 0 Å². The summed E-state index contributed by atoms with van der Waals surface area (Å²) in [5, 5.41) is 3.60. The SMILES string of the molecule is CCNC(Cc1ccc(C)cc1)C1(C)CCCO1. The van der Waals surface area contributed by atoms with Crippen molar-refractivity contribution in [1.29, 1.82) is 0 Å². The molecule has 1 saturated heterocycles. The second kappa shape index (κ2) is 5.85. The van der Waals surface area contributed by atoms with Crippen molar-refractivity contribution >= 4 is 0 Å². The van der Waals surface area contributed by atoms with Crippen molar-refractivity contribution in [3.8, 4) is 0 Å². The summed E-state index contributed by atoms with van der Waals surface area (Å²) in [6.45, 7) is 8.46. The first kappa shape index (κ1) is 13.6. The number of aryl methyl sites for hydroxylation is 1. The Hall–Kier alpha value is -0.860. The van der Waals surface area contributed by atoms with Gasteiger partial charge in [-0.25, -0.2) is 0 Å². The maximum absolute atomic E-state index is 5.99. The van der Waals surface area contributed by atoms with Gasteiger partial charge in [-0.3, -0.25) is 0 Å². The van der Waals surface area contributed by atoms with Crippen LogP contribution < -0.4 is 5.32 Å². The molecule has 1 fully saturated rings. The Morgan fingerprint density at radius 1 is 1.33 bits per heavy atom. The van der Waals surface area contributed by atoms with E-state index in [-0.39, 0.29) is 5.60 Å². The quantitative estimate of drug-likeness (QED) is 0.863. The third-order valence-electron chi connectivity index (χ3n) is 4.00. The molecule has 1 aliphatic heterocycles. The minimum Gasteiger partial charge on any atom is -0.374 e. The molecule has 2 nitrogen and oxygen atoms in total. The average Bonchev–Trinajstić information content (AvgIpc) is 2.80. The van der Waals surface area contributed by atoms with E-state index in [4.69, 9.17) is 4.74 Å². The largest absolute Gasteiger partial charge is 0.374 e. The lowest BCUT2D eigenvalue weighted by atomic mass is 9.88. The normalized spacial score (nSPS) is 25.3. The zero-order valence-corrected chi connectivity index (χ0v) is 11.8. The third-order valence-corrected chi connectivity index (χ3v) is 4.00. The maximum atomic E-state index is 5.99. The number of hydrogen-bond donors (Lipinski definition) is 1. The Morgan fingerprint density at radius 2 is 2.06 bits per heavy atom. The second-order valence-electron chi connectivity index (χ2n) is 5.56. The fourth-order valence-electron chi connectivity index (χ4n) is 2.79. The van der Waals surface area contributed by atoms with Gasteiger partial charge in [0.2, 0.25) is 0 Å². The smallest absolute Gasteiger partial charge is 0.0810 e. The number of likely N-dealkylation sites (N-methyl/N-ethyl adjacent to an activating group) is 1. The molecule has 1 N–H and O–H groups in total. The van der Waals surface area contributed by atoms with Crippen LogP contribution in [0.15, 0.2) is 24.3 Å². The van der Waals surface area contributed by atoms with Crippen molar-refractivity contribution in [2.75, 3.05) is 13.2 Å². The molecule has 0 saturated carbocycles. The van der Waals surface area contributed by atoms with Gasteiger partial charge in [0.05, 0.1) is 5.60 Å². The average molecular weight is 247 g/mol. The lowest BCUT2D eigenvalue weighted by molar-refractivity contribution is -0.0110. The molecule has 1 aliphatic rings. The van der Waals surface area contributed by atoms with E-state index in [1.165, 1.54) is 17.5 Å². The summed E-state index contributed by atoms with van der Waals surface area (Å²) < 4.78 is 5.99. The Labute approximate surface area is 111 Å². The zero-order chi connectivity index (χ0) is 13.0. The molecule has 1 heterocycles. The molecule has 0 radical (unpaired) electrons. The van der Waals surface area contributed by atoms with Crippen molar-refractivity contribution in [2.24, 2.45) is 0 Å². The van der Waals surface area contributed by atoms with Gasteiger partial charge in [0.15, 0.2) is 0 Å². The fraction of sp³-hybridized carbons (Fsp3) is 0.625. The number of rotatable bonds is 5.